The van der Waals surface area contributed by atoms with Gasteiger partial charge < -0.3 is 11.1 Å². The lowest BCUT2D eigenvalue weighted by molar-refractivity contribution is 0.783. The Hall–Kier alpha value is -0.920. The van der Waals surface area contributed by atoms with Crippen LogP contribution in [0.25, 0.3) is 0 Å². The van der Waals surface area contributed by atoms with Crippen LogP contribution in [0.3, 0.4) is 0 Å². The van der Waals surface area contributed by atoms with Gasteiger partial charge in [0.15, 0.2) is 0 Å². The van der Waals surface area contributed by atoms with Gasteiger partial charge in [0.2, 0.25) is 0 Å². The minimum absolute atomic E-state index is 0.534. The van der Waals surface area contributed by atoms with Gasteiger partial charge in [-0.05, 0) is 24.5 Å². The lowest BCUT2D eigenvalue weighted by atomic mass is 10.0. The van der Waals surface area contributed by atoms with Crippen molar-refractivity contribution < 1.29 is 0 Å². The lowest BCUT2D eigenvalue weighted by Crippen LogP contribution is -2.15. The minimum Gasteiger partial charge on any atom is -0.386 e. The Bertz CT molecular complexity index is 166. The zero-order chi connectivity index (χ0) is 8.85. The number of hydrogen-bond acceptors (Lipinski definition) is 2. The van der Waals surface area contributed by atoms with Crippen molar-refractivity contribution in [2.45, 2.75) is 20.8 Å². The first-order valence-electron chi connectivity index (χ1n) is 3.93. The van der Waals surface area contributed by atoms with Gasteiger partial charge in [0, 0.05) is 7.05 Å². The van der Waals surface area contributed by atoms with Crippen LogP contribution >= 0.6 is 0 Å². The van der Waals surface area contributed by atoms with Crippen LogP contribution in [0.2, 0.25) is 0 Å². The monoisotopic (exact) mass is 154 g/mol. The van der Waals surface area contributed by atoms with Crippen molar-refractivity contribution in [3.63, 3.8) is 0 Å². The van der Waals surface area contributed by atoms with Gasteiger partial charge in [0.25, 0.3) is 0 Å². The zero-order valence-electron chi connectivity index (χ0n) is 7.81. The van der Waals surface area contributed by atoms with Crippen molar-refractivity contribution in [2.24, 2.45) is 11.7 Å². The second-order valence-corrected chi connectivity index (χ2v) is 2.79. The Labute approximate surface area is 69.2 Å². The van der Waals surface area contributed by atoms with Crippen LogP contribution < -0.4 is 11.1 Å². The van der Waals surface area contributed by atoms with Gasteiger partial charge in [0.05, 0.1) is 5.82 Å². The third-order valence-electron chi connectivity index (χ3n) is 1.61. The number of allylic oxidation sites excluding steroid dienone is 3. The number of hydrogen-bond donors (Lipinski definition) is 2. The molecule has 0 aromatic heterocycles. The first kappa shape index (κ1) is 10.1. The molecule has 0 aromatic carbocycles. The standard InChI is InChI=1S/C9H18N2/c1-5-8(7(2)3)6-9(10)11-4/h5-7,11H,10H2,1-4H3/b8-5+,9-6-. The van der Waals surface area contributed by atoms with E-state index in [1.54, 1.807) is 0 Å². The molecule has 0 rings (SSSR count). The summed E-state index contributed by atoms with van der Waals surface area (Å²) in [4.78, 5) is 0. The van der Waals surface area contributed by atoms with Crippen molar-refractivity contribution in [2.75, 3.05) is 7.05 Å². The summed E-state index contributed by atoms with van der Waals surface area (Å²) in [6.45, 7) is 6.32. The first-order chi connectivity index (χ1) is 5.11. The third-order valence-corrected chi connectivity index (χ3v) is 1.61. The molecule has 0 aromatic rings. The van der Waals surface area contributed by atoms with Gasteiger partial charge in [-0.15, -0.1) is 0 Å². The van der Waals surface area contributed by atoms with E-state index in [4.69, 9.17) is 5.73 Å². The van der Waals surface area contributed by atoms with Crippen molar-refractivity contribution in [3.8, 4) is 0 Å². The van der Waals surface area contributed by atoms with Gasteiger partial charge in [0.1, 0.15) is 0 Å². The van der Waals surface area contributed by atoms with Gasteiger partial charge in [-0.2, -0.15) is 0 Å². The molecule has 0 heterocycles. The predicted molar refractivity (Wildman–Crippen MR) is 49.9 cm³/mol. The highest BCUT2D eigenvalue weighted by Gasteiger charge is 1.97. The summed E-state index contributed by atoms with van der Waals surface area (Å²) in [5.74, 6) is 1.25. The van der Waals surface area contributed by atoms with Crippen LogP contribution in [-0.4, -0.2) is 7.05 Å². The van der Waals surface area contributed by atoms with Crippen molar-refractivity contribution in [1.29, 1.82) is 0 Å². The highest BCUT2D eigenvalue weighted by molar-refractivity contribution is 5.22. The van der Waals surface area contributed by atoms with Crippen LogP contribution in [-0.2, 0) is 0 Å². The molecule has 11 heavy (non-hydrogen) atoms. The van der Waals surface area contributed by atoms with E-state index in [-0.39, 0.29) is 0 Å². The van der Waals surface area contributed by atoms with E-state index in [1.807, 2.05) is 20.0 Å². The number of nitrogens with two attached hydrogens (primary N) is 1. The largest absolute Gasteiger partial charge is 0.386 e. The molecule has 0 fully saturated rings. The van der Waals surface area contributed by atoms with E-state index < -0.39 is 0 Å². The quantitative estimate of drug-likeness (QED) is 0.606. The number of nitrogens with one attached hydrogen (secondary N) is 1. The molecule has 3 N–H and O–H groups in total. The summed E-state index contributed by atoms with van der Waals surface area (Å²) in [6, 6.07) is 0. The lowest BCUT2D eigenvalue weighted by Gasteiger charge is -2.07. The molecule has 0 spiro atoms. The molecule has 2 nitrogen and oxygen atoms in total. The van der Waals surface area contributed by atoms with E-state index in [0.29, 0.717) is 11.7 Å². The summed E-state index contributed by atoms with van der Waals surface area (Å²) in [5, 5.41) is 2.88. The summed E-state index contributed by atoms with van der Waals surface area (Å²) in [6.07, 6.45) is 4.04. The zero-order valence-corrected chi connectivity index (χ0v) is 7.81. The topological polar surface area (TPSA) is 38.0 Å². The first-order valence-corrected chi connectivity index (χ1v) is 3.93. The Morgan fingerprint density at radius 3 is 2.27 bits per heavy atom. The molecule has 0 aliphatic rings. The maximum absolute atomic E-state index is 5.60. The molecule has 0 radical (unpaired) electrons. The molecule has 0 atom stereocenters. The highest BCUT2D eigenvalue weighted by Crippen LogP contribution is 2.10. The second kappa shape index (κ2) is 4.83. The van der Waals surface area contributed by atoms with Crippen molar-refractivity contribution in [3.05, 3.63) is 23.5 Å². The molecule has 0 saturated heterocycles. The molecule has 2 heteroatoms. The van der Waals surface area contributed by atoms with Gasteiger partial charge in [-0.25, -0.2) is 0 Å². The van der Waals surface area contributed by atoms with E-state index in [2.05, 4.69) is 25.2 Å². The smallest absolute Gasteiger partial charge is 0.0960 e. The van der Waals surface area contributed by atoms with Crippen LogP contribution in [0.5, 0.6) is 0 Å². The maximum atomic E-state index is 5.60. The summed E-state index contributed by atoms with van der Waals surface area (Å²) in [5.41, 5.74) is 6.86. The molecular formula is C9H18N2. The average molecular weight is 154 g/mol. The third kappa shape index (κ3) is 3.71. The fourth-order valence-corrected chi connectivity index (χ4v) is 0.835. The molecular weight excluding hydrogens is 136 g/mol. The molecule has 0 amide bonds. The van der Waals surface area contributed by atoms with Crippen LogP contribution in [0.1, 0.15) is 20.8 Å². The van der Waals surface area contributed by atoms with Crippen LogP contribution in [0, 0.1) is 5.92 Å². The van der Waals surface area contributed by atoms with Gasteiger partial charge in [-0.3, -0.25) is 0 Å². The Balaban J connectivity index is 4.32. The van der Waals surface area contributed by atoms with E-state index in [1.165, 1.54) is 5.57 Å². The molecule has 0 saturated carbocycles. The molecule has 0 unspecified atom stereocenters. The van der Waals surface area contributed by atoms with E-state index in [0.717, 1.165) is 0 Å². The summed E-state index contributed by atoms with van der Waals surface area (Å²) in [7, 11) is 1.82. The predicted octanol–water partition coefficient (Wildman–Crippen LogP) is 1.61. The average Bonchev–Trinajstić information content (AvgIpc) is 1.99. The fraction of sp³-hybridized carbons (Fsp3) is 0.556. The van der Waals surface area contributed by atoms with Crippen LogP contribution in [0.15, 0.2) is 23.5 Å². The summed E-state index contributed by atoms with van der Waals surface area (Å²) >= 11 is 0. The minimum atomic E-state index is 0.534. The Kier molecular flexibility index (Phi) is 4.42. The van der Waals surface area contributed by atoms with Gasteiger partial charge >= 0.3 is 0 Å². The Morgan fingerprint density at radius 2 is 2.00 bits per heavy atom. The number of rotatable bonds is 3. The molecule has 0 aliphatic heterocycles. The molecule has 64 valence electrons. The SMILES string of the molecule is C/C=C(\C=C(\N)NC)C(C)C. The van der Waals surface area contributed by atoms with Crippen molar-refractivity contribution >= 4 is 0 Å². The van der Waals surface area contributed by atoms with E-state index >= 15 is 0 Å². The molecule has 0 bridgehead atoms. The highest BCUT2D eigenvalue weighted by atomic mass is 14.9. The molecule has 0 aliphatic carbocycles. The maximum Gasteiger partial charge on any atom is 0.0960 e. The van der Waals surface area contributed by atoms with Crippen molar-refractivity contribution in [1.82, 2.24) is 5.32 Å². The van der Waals surface area contributed by atoms with E-state index in [9.17, 15) is 0 Å². The second-order valence-electron chi connectivity index (χ2n) is 2.79. The normalized spacial score (nSPS) is 13.9. The van der Waals surface area contributed by atoms with Crippen LogP contribution in [0.4, 0.5) is 0 Å². The van der Waals surface area contributed by atoms with Gasteiger partial charge in [-0.1, -0.05) is 19.9 Å². The Morgan fingerprint density at radius 1 is 1.45 bits per heavy atom. The fourth-order valence-electron chi connectivity index (χ4n) is 0.835. The summed E-state index contributed by atoms with van der Waals surface area (Å²) < 4.78 is 0.